The van der Waals surface area contributed by atoms with Crippen molar-refractivity contribution >= 4 is 37.6 Å². The van der Waals surface area contributed by atoms with Gasteiger partial charge in [0.15, 0.2) is 0 Å². The number of aromatic nitrogens is 2. The summed E-state index contributed by atoms with van der Waals surface area (Å²) in [7, 11) is -4.04. The molecule has 1 unspecified atom stereocenters. The number of halogens is 3. The molecule has 0 spiro atoms. The van der Waals surface area contributed by atoms with Crippen molar-refractivity contribution in [3.63, 3.8) is 0 Å². The first kappa shape index (κ1) is 21.4. The largest absolute Gasteiger partial charge is 0.389 e. The van der Waals surface area contributed by atoms with Gasteiger partial charge in [0.25, 0.3) is 0 Å². The zero-order valence-corrected chi connectivity index (χ0v) is 18.4. The minimum atomic E-state index is -4.04. The van der Waals surface area contributed by atoms with E-state index < -0.39 is 28.0 Å². The van der Waals surface area contributed by atoms with E-state index in [1.54, 1.807) is 18.2 Å². The van der Waals surface area contributed by atoms with Crippen molar-refractivity contribution < 1.29 is 23.0 Å². The van der Waals surface area contributed by atoms with E-state index in [0.29, 0.717) is 27.1 Å². The first-order chi connectivity index (χ1) is 14.2. The lowest BCUT2D eigenvalue weighted by molar-refractivity contribution is 0.0572. The van der Waals surface area contributed by atoms with Crippen LogP contribution in [0.5, 0.6) is 0 Å². The Morgan fingerprint density at radius 3 is 2.47 bits per heavy atom. The topological polar surface area (TPSA) is 107 Å². The predicted octanol–water partition coefficient (Wildman–Crippen LogP) is 3.02. The lowest BCUT2D eigenvalue weighted by Crippen LogP contribution is -2.30. The number of H-pyrrole nitrogens is 1. The number of β-amino-alcohol motifs (C(OH)–C–C–N with tert-alkyl or cyclic N) is 2. The van der Waals surface area contributed by atoms with Crippen LogP contribution in [0, 0.1) is 5.82 Å². The van der Waals surface area contributed by atoms with Crippen LogP contribution in [0.25, 0.3) is 22.6 Å². The molecule has 0 aliphatic carbocycles. The molecule has 1 aromatic heterocycles. The number of benzene rings is 2. The molecule has 0 radical (unpaired) electrons. The molecule has 11 heteroatoms. The average molecular weight is 517 g/mol. The van der Waals surface area contributed by atoms with Crippen LogP contribution in [0.15, 0.2) is 52.0 Å². The Labute approximate surface area is 185 Å². The third-order valence-corrected chi connectivity index (χ3v) is 7.81. The second-order valence-corrected chi connectivity index (χ2v) is 10.0. The quantitative estimate of drug-likeness (QED) is 0.494. The predicted molar refractivity (Wildman–Crippen MR) is 113 cm³/mol. The van der Waals surface area contributed by atoms with Gasteiger partial charge in [0.1, 0.15) is 16.5 Å². The van der Waals surface area contributed by atoms with Crippen molar-refractivity contribution in [2.24, 2.45) is 0 Å². The molecular formula is C19H16BrClFN3O4S. The third kappa shape index (κ3) is 3.91. The molecule has 1 aliphatic heterocycles. The molecule has 0 amide bonds. The summed E-state index contributed by atoms with van der Waals surface area (Å²) in [5.74, 6) is -0.0403. The van der Waals surface area contributed by atoms with Crippen molar-refractivity contribution in [1.29, 1.82) is 0 Å². The number of aromatic amines is 1. The molecule has 3 aromatic rings. The molecule has 0 saturated carbocycles. The van der Waals surface area contributed by atoms with Crippen molar-refractivity contribution in [1.82, 2.24) is 14.3 Å². The highest BCUT2D eigenvalue weighted by molar-refractivity contribution is 9.10. The van der Waals surface area contributed by atoms with Crippen LogP contribution in [-0.2, 0) is 10.0 Å². The molecule has 2 aromatic carbocycles. The fourth-order valence-corrected chi connectivity index (χ4v) is 5.42. The number of hydrogen-bond acceptors (Lipinski definition) is 5. The van der Waals surface area contributed by atoms with Crippen molar-refractivity contribution in [2.75, 3.05) is 13.1 Å². The molecule has 1 aliphatic rings. The summed E-state index contributed by atoms with van der Waals surface area (Å²) in [4.78, 5) is 7.16. The van der Waals surface area contributed by atoms with Crippen LogP contribution in [0.2, 0.25) is 5.02 Å². The standard InChI is InChI=1S/C19H16BrClFN3O4S/c20-12-3-1-10(5-14(12)22)15-7-23-19(24-15)11-2-4-13(21)18(6-11)30(28,29)25-8-16(26)17(27)9-25/h1-7,16-17,26-27H,8-9H2,(H,23,24)/t16-,17?/m0/s1. The molecule has 2 heterocycles. The SMILES string of the molecule is O=S(=O)(c1cc(-c2ncc(-c3ccc(Br)c(F)c3)[nH]2)ccc1Cl)N1CC(O)[C@@H](O)C1. The van der Waals surface area contributed by atoms with Gasteiger partial charge in [-0.2, -0.15) is 4.31 Å². The Morgan fingerprint density at radius 1 is 1.13 bits per heavy atom. The van der Waals surface area contributed by atoms with Crippen LogP contribution in [0.3, 0.4) is 0 Å². The molecule has 30 heavy (non-hydrogen) atoms. The second kappa shape index (κ2) is 8.03. The first-order valence-electron chi connectivity index (χ1n) is 8.83. The number of aliphatic hydroxyl groups excluding tert-OH is 2. The Morgan fingerprint density at radius 2 is 1.80 bits per heavy atom. The maximum atomic E-state index is 13.8. The molecule has 158 valence electrons. The van der Waals surface area contributed by atoms with Crippen LogP contribution in [-0.4, -0.2) is 58.2 Å². The van der Waals surface area contributed by atoms with E-state index >= 15 is 0 Å². The summed E-state index contributed by atoms with van der Waals surface area (Å²) >= 11 is 9.25. The first-order valence-corrected chi connectivity index (χ1v) is 11.4. The van der Waals surface area contributed by atoms with E-state index in [-0.39, 0.29) is 23.0 Å². The fourth-order valence-electron chi connectivity index (χ4n) is 3.20. The number of sulfonamides is 1. The highest BCUT2D eigenvalue weighted by atomic mass is 79.9. The Hall–Kier alpha value is -1.82. The zero-order chi connectivity index (χ0) is 21.6. The van der Waals surface area contributed by atoms with Gasteiger partial charge in [-0.25, -0.2) is 17.8 Å². The molecule has 1 fully saturated rings. The molecule has 1 saturated heterocycles. The minimum Gasteiger partial charge on any atom is -0.389 e. The summed E-state index contributed by atoms with van der Waals surface area (Å²) in [5, 5.41) is 19.4. The van der Waals surface area contributed by atoms with Crippen molar-refractivity contribution in [2.45, 2.75) is 17.1 Å². The highest BCUT2D eigenvalue weighted by Crippen LogP contribution is 2.32. The number of nitrogens with zero attached hydrogens (tertiary/aromatic N) is 2. The normalized spacial score (nSPS) is 20.0. The molecule has 3 N–H and O–H groups in total. The monoisotopic (exact) mass is 515 g/mol. The highest BCUT2D eigenvalue weighted by Gasteiger charge is 2.38. The summed E-state index contributed by atoms with van der Waals surface area (Å²) < 4.78 is 41.1. The van der Waals surface area contributed by atoms with Gasteiger partial charge in [-0.05, 0) is 46.3 Å². The summed E-state index contributed by atoms with van der Waals surface area (Å²) in [5.41, 5.74) is 1.60. The van der Waals surface area contributed by atoms with Gasteiger partial charge in [-0.15, -0.1) is 0 Å². The van der Waals surface area contributed by atoms with E-state index in [1.165, 1.54) is 24.4 Å². The lowest BCUT2D eigenvalue weighted by atomic mass is 10.2. The zero-order valence-electron chi connectivity index (χ0n) is 15.3. The van der Waals surface area contributed by atoms with E-state index in [0.717, 1.165) is 4.31 Å². The third-order valence-electron chi connectivity index (χ3n) is 4.85. The summed E-state index contributed by atoms with van der Waals surface area (Å²) in [6.45, 7) is -0.436. The van der Waals surface area contributed by atoms with E-state index in [1.807, 2.05) is 0 Å². The van der Waals surface area contributed by atoms with Crippen LogP contribution in [0.4, 0.5) is 4.39 Å². The van der Waals surface area contributed by atoms with Crippen LogP contribution >= 0.6 is 27.5 Å². The molecule has 7 nitrogen and oxygen atoms in total. The molecule has 0 bridgehead atoms. The van der Waals surface area contributed by atoms with Gasteiger partial charge >= 0.3 is 0 Å². The summed E-state index contributed by atoms with van der Waals surface area (Å²) in [6, 6.07) is 9.07. The Kier molecular flexibility index (Phi) is 5.73. The van der Waals surface area contributed by atoms with Crippen LogP contribution < -0.4 is 0 Å². The van der Waals surface area contributed by atoms with E-state index in [2.05, 4.69) is 25.9 Å². The maximum Gasteiger partial charge on any atom is 0.244 e. The lowest BCUT2D eigenvalue weighted by Gasteiger charge is -2.17. The molecule has 2 atom stereocenters. The number of imidazole rings is 1. The average Bonchev–Trinajstić information content (AvgIpc) is 3.32. The number of rotatable bonds is 4. The second-order valence-electron chi connectivity index (χ2n) is 6.88. The number of nitrogens with one attached hydrogen (secondary N) is 1. The van der Waals surface area contributed by atoms with E-state index in [4.69, 9.17) is 11.6 Å². The van der Waals surface area contributed by atoms with Crippen molar-refractivity contribution in [3.05, 3.63) is 57.9 Å². The Balaban J connectivity index is 1.69. The van der Waals surface area contributed by atoms with Gasteiger partial charge < -0.3 is 15.2 Å². The van der Waals surface area contributed by atoms with Crippen LogP contribution in [0.1, 0.15) is 0 Å². The van der Waals surface area contributed by atoms with Gasteiger partial charge in [0.05, 0.1) is 33.6 Å². The van der Waals surface area contributed by atoms with Gasteiger partial charge in [0, 0.05) is 24.2 Å². The maximum absolute atomic E-state index is 13.8. The van der Waals surface area contributed by atoms with Gasteiger partial charge in [-0.1, -0.05) is 17.7 Å². The van der Waals surface area contributed by atoms with E-state index in [9.17, 15) is 23.0 Å². The van der Waals surface area contributed by atoms with Gasteiger partial charge in [-0.3, -0.25) is 0 Å². The summed E-state index contributed by atoms with van der Waals surface area (Å²) in [6.07, 6.45) is -0.783. The fraction of sp³-hybridized carbons (Fsp3) is 0.211. The number of aliphatic hydroxyl groups is 2. The number of hydrogen-bond donors (Lipinski definition) is 3. The smallest absolute Gasteiger partial charge is 0.244 e. The molecule has 4 rings (SSSR count). The van der Waals surface area contributed by atoms with Crippen molar-refractivity contribution in [3.8, 4) is 22.6 Å². The Bertz CT molecular complexity index is 1210. The molecular weight excluding hydrogens is 501 g/mol. The van der Waals surface area contributed by atoms with Gasteiger partial charge in [0.2, 0.25) is 10.0 Å². The minimum absolute atomic E-state index is 0.0105.